The van der Waals surface area contributed by atoms with Crippen molar-refractivity contribution >= 4 is 51.5 Å². The van der Waals surface area contributed by atoms with Crippen LogP contribution in [0.4, 0.5) is 21.6 Å². The minimum Gasteiger partial charge on any atom is -0.494 e. The van der Waals surface area contributed by atoms with E-state index in [9.17, 15) is 14.0 Å². The van der Waals surface area contributed by atoms with Crippen LogP contribution in [0, 0.1) is 5.82 Å². The van der Waals surface area contributed by atoms with Crippen molar-refractivity contribution in [2.75, 3.05) is 24.2 Å². The number of halogens is 2. The smallest absolute Gasteiger partial charge is 0.247 e. The summed E-state index contributed by atoms with van der Waals surface area (Å²) < 4.78 is 41.2. The number of methoxy groups -OCH3 is 1. The van der Waals surface area contributed by atoms with Gasteiger partial charge in [0.2, 0.25) is 11.8 Å². The number of ether oxygens (including phenoxy) is 1. The highest BCUT2D eigenvalue weighted by Crippen LogP contribution is 2.34. The van der Waals surface area contributed by atoms with Crippen LogP contribution in [0.3, 0.4) is 0 Å². The number of likely N-dealkylation sites (tertiary alicyclic amines) is 1. The first-order chi connectivity index (χ1) is 17.1. The van der Waals surface area contributed by atoms with Gasteiger partial charge in [0.1, 0.15) is 29.8 Å². The van der Waals surface area contributed by atoms with Crippen LogP contribution in [-0.2, 0) is 9.59 Å². The molecule has 2 N–H and O–H groups in total. The minimum absolute atomic E-state index is 0.0523. The van der Waals surface area contributed by atoms with Gasteiger partial charge in [-0.25, -0.2) is 14.4 Å². The van der Waals surface area contributed by atoms with Crippen LogP contribution in [0.15, 0.2) is 49.3 Å². The van der Waals surface area contributed by atoms with Crippen molar-refractivity contribution in [3.8, 4) is 5.75 Å². The maximum absolute atomic E-state index is 13.6. The molecule has 1 aliphatic heterocycles. The van der Waals surface area contributed by atoms with Gasteiger partial charge in [0.15, 0.2) is 0 Å². The molecule has 2 amide bonds. The predicted molar refractivity (Wildman–Crippen MR) is 124 cm³/mol. The van der Waals surface area contributed by atoms with E-state index < -0.39 is 24.8 Å². The molecule has 0 spiro atoms. The molecule has 0 radical (unpaired) electrons. The van der Waals surface area contributed by atoms with Crippen molar-refractivity contribution in [2.24, 2.45) is 0 Å². The number of hydrogen-bond donors (Lipinski definition) is 2. The van der Waals surface area contributed by atoms with Gasteiger partial charge in [0.25, 0.3) is 0 Å². The SMILES string of the molecule is [2H]C([2H])([2H])Oc1cc2ncnc(Nc3ccc(F)c(Cl)c3)c2cc1NC(=O)C1CCCN1C(=O)C=C. The second kappa shape index (κ2) is 9.41. The van der Waals surface area contributed by atoms with Crippen LogP contribution in [0.5, 0.6) is 5.75 Å². The molecule has 10 heteroatoms. The molecule has 1 atom stereocenters. The molecule has 0 bridgehead atoms. The first-order valence-corrected chi connectivity index (χ1v) is 10.4. The Labute approximate surface area is 198 Å². The lowest BCUT2D eigenvalue weighted by Crippen LogP contribution is -2.42. The number of nitrogens with one attached hydrogen (secondary N) is 2. The van der Waals surface area contributed by atoms with Crippen molar-refractivity contribution in [1.82, 2.24) is 14.9 Å². The molecule has 33 heavy (non-hydrogen) atoms. The quantitative estimate of drug-likeness (QED) is 0.519. The van der Waals surface area contributed by atoms with E-state index in [1.165, 1.54) is 41.6 Å². The number of fused-ring (bicyclic) bond motifs is 1. The van der Waals surface area contributed by atoms with Crippen LogP contribution in [-0.4, -0.2) is 46.3 Å². The highest BCUT2D eigenvalue weighted by Gasteiger charge is 2.33. The molecule has 1 aliphatic rings. The number of amides is 2. The third kappa shape index (κ3) is 4.58. The monoisotopic (exact) mass is 472 g/mol. The molecule has 1 fully saturated rings. The van der Waals surface area contributed by atoms with E-state index in [1.807, 2.05) is 0 Å². The van der Waals surface area contributed by atoms with Crippen molar-refractivity contribution < 1.29 is 22.8 Å². The van der Waals surface area contributed by atoms with Gasteiger partial charge < -0.3 is 20.3 Å². The zero-order chi connectivity index (χ0) is 26.0. The minimum atomic E-state index is -2.80. The number of benzene rings is 2. The molecule has 3 aromatic rings. The number of carbonyl (C=O) groups excluding carboxylic acids is 2. The van der Waals surface area contributed by atoms with Crippen LogP contribution in [0.25, 0.3) is 10.9 Å². The summed E-state index contributed by atoms with van der Waals surface area (Å²) in [5, 5.41) is 6.03. The summed E-state index contributed by atoms with van der Waals surface area (Å²) in [4.78, 5) is 35.0. The second-order valence-electron chi connectivity index (χ2n) is 7.33. The average Bonchev–Trinajstić information content (AvgIpc) is 3.31. The Morgan fingerprint density at radius 1 is 1.36 bits per heavy atom. The molecular weight excluding hydrogens is 449 g/mol. The van der Waals surface area contributed by atoms with Crippen LogP contribution >= 0.6 is 11.6 Å². The fraction of sp³-hybridized carbons (Fsp3) is 0.217. The first kappa shape index (κ1) is 18.8. The molecule has 1 saturated heterocycles. The molecule has 8 nitrogen and oxygen atoms in total. The lowest BCUT2D eigenvalue weighted by atomic mass is 10.1. The van der Waals surface area contributed by atoms with Gasteiger partial charge in [-0.15, -0.1) is 0 Å². The Morgan fingerprint density at radius 3 is 2.97 bits per heavy atom. The van der Waals surface area contributed by atoms with Crippen LogP contribution in [0.1, 0.15) is 17.0 Å². The fourth-order valence-electron chi connectivity index (χ4n) is 3.71. The molecule has 0 saturated carbocycles. The Morgan fingerprint density at radius 2 is 2.21 bits per heavy atom. The highest BCUT2D eigenvalue weighted by atomic mass is 35.5. The van der Waals surface area contributed by atoms with E-state index in [-0.39, 0.29) is 22.4 Å². The Bertz CT molecular complexity index is 1350. The average molecular weight is 473 g/mol. The molecular formula is C23H21ClFN5O3. The third-order valence-electron chi connectivity index (χ3n) is 5.30. The molecule has 2 aromatic carbocycles. The summed E-state index contributed by atoms with van der Waals surface area (Å²) in [5.74, 6) is -1.30. The number of aromatic nitrogens is 2. The lowest BCUT2D eigenvalue weighted by Gasteiger charge is -2.23. The van der Waals surface area contributed by atoms with Gasteiger partial charge in [-0.2, -0.15) is 0 Å². The van der Waals surface area contributed by atoms with Crippen molar-refractivity contribution in [3.05, 3.63) is 60.2 Å². The molecule has 1 unspecified atom stereocenters. The maximum Gasteiger partial charge on any atom is 0.247 e. The predicted octanol–water partition coefficient (Wildman–Crippen LogP) is 4.29. The molecule has 1 aromatic heterocycles. The largest absolute Gasteiger partial charge is 0.494 e. The summed E-state index contributed by atoms with van der Waals surface area (Å²) >= 11 is 5.87. The van der Waals surface area contributed by atoms with Gasteiger partial charge in [-0.1, -0.05) is 18.2 Å². The number of nitrogens with zero attached hydrogens (tertiary/aromatic N) is 3. The first-order valence-electron chi connectivity index (χ1n) is 11.5. The van der Waals surface area contributed by atoms with Gasteiger partial charge in [-0.05, 0) is 43.2 Å². The third-order valence-corrected chi connectivity index (χ3v) is 5.59. The molecule has 0 aliphatic carbocycles. The van der Waals surface area contributed by atoms with Gasteiger partial charge in [0, 0.05) is 23.7 Å². The van der Waals surface area contributed by atoms with Crippen molar-refractivity contribution in [3.63, 3.8) is 0 Å². The van der Waals surface area contributed by atoms with Gasteiger partial charge in [0.05, 0.1) is 27.4 Å². The van der Waals surface area contributed by atoms with Crippen molar-refractivity contribution in [1.29, 1.82) is 0 Å². The number of rotatable bonds is 6. The van der Waals surface area contributed by atoms with E-state index in [2.05, 4.69) is 27.2 Å². The number of hydrogen-bond acceptors (Lipinski definition) is 6. The lowest BCUT2D eigenvalue weighted by molar-refractivity contribution is -0.132. The number of carbonyl (C=O) groups is 2. The van der Waals surface area contributed by atoms with Gasteiger partial charge >= 0.3 is 0 Å². The van der Waals surface area contributed by atoms with Crippen molar-refractivity contribution in [2.45, 2.75) is 18.9 Å². The Hall–Kier alpha value is -3.72. The van der Waals surface area contributed by atoms with Crippen LogP contribution < -0.4 is 15.4 Å². The maximum atomic E-state index is 13.6. The van der Waals surface area contributed by atoms with E-state index in [0.29, 0.717) is 41.8 Å². The molecule has 4 rings (SSSR count). The summed E-state index contributed by atoms with van der Waals surface area (Å²) in [6, 6.07) is 6.12. The summed E-state index contributed by atoms with van der Waals surface area (Å²) in [6.07, 6.45) is 3.47. The summed E-state index contributed by atoms with van der Waals surface area (Å²) in [5.41, 5.74) is 0.818. The zero-order valence-corrected chi connectivity index (χ0v) is 18.0. The summed E-state index contributed by atoms with van der Waals surface area (Å²) in [7, 11) is -2.80. The number of anilines is 3. The van der Waals surface area contributed by atoms with E-state index >= 15 is 0 Å². The summed E-state index contributed by atoms with van der Waals surface area (Å²) in [6.45, 7) is 3.87. The zero-order valence-electron chi connectivity index (χ0n) is 20.3. The Balaban J connectivity index is 1.73. The van der Waals surface area contributed by atoms with E-state index in [4.69, 9.17) is 20.5 Å². The molecule has 2 heterocycles. The van der Waals surface area contributed by atoms with E-state index in [1.54, 1.807) is 0 Å². The fourth-order valence-corrected chi connectivity index (χ4v) is 3.89. The highest BCUT2D eigenvalue weighted by molar-refractivity contribution is 6.31. The molecule has 170 valence electrons. The standard InChI is InChI=1S/C23H21ClFN5O3/c1-3-21(31)30-8-4-5-19(30)23(32)29-18-10-14-17(11-20(18)33-2)26-12-27-22(14)28-13-6-7-16(25)15(24)9-13/h3,6-7,9-12,19H,1,4-5,8H2,2H3,(H,29,32)(H,26,27,28)/i2D3. The normalized spacial score (nSPS) is 17.1. The van der Waals surface area contributed by atoms with Gasteiger partial charge in [-0.3, -0.25) is 9.59 Å². The van der Waals surface area contributed by atoms with Crippen LogP contribution in [0.2, 0.25) is 5.02 Å². The second-order valence-corrected chi connectivity index (χ2v) is 7.73. The Kier molecular flexibility index (Phi) is 5.37. The van der Waals surface area contributed by atoms with E-state index in [0.717, 1.165) is 6.08 Å². The topological polar surface area (TPSA) is 96.5 Å².